The average molecular weight is 248 g/mol. The van der Waals surface area contributed by atoms with Crippen LogP contribution in [0, 0.1) is 0 Å². The lowest BCUT2D eigenvalue weighted by Crippen LogP contribution is -2.13. The van der Waals surface area contributed by atoms with E-state index >= 15 is 0 Å². The molecule has 1 atom stereocenters. The molecule has 1 N–H and O–H groups in total. The molecule has 1 aromatic rings. The van der Waals surface area contributed by atoms with Gasteiger partial charge in [0.2, 0.25) is 6.79 Å². The summed E-state index contributed by atoms with van der Waals surface area (Å²) in [5, 5.41) is 9.21. The molecule has 0 saturated carbocycles. The van der Waals surface area contributed by atoms with Gasteiger partial charge in [-0.2, -0.15) is 13.2 Å². The first-order valence-corrected chi connectivity index (χ1v) is 5.05. The van der Waals surface area contributed by atoms with Gasteiger partial charge in [0.05, 0.1) is 11.7 Å². The third kappa shape index (κ3) is 2.46. The van der Waals surface area contributed by atoms with Crippen LogP contribution in [0.2, 0.25) is 0 Å². The molecule has 17 heavy (non-hydrogen) atoms. The molecule has 0 amide bonds. The van der Waals surface area contributed by atoms with Crippen molar-refractivity contribution in [2.75, 3.05) is 6.79 Å². The smallest absolute Gasteiger partial charge is 0.416 e. The Kier molecular flexibility index (Phi) is 2.91. The maximum atomic E-state index is 12.8. The quantitative estimate of drug-likeness (QED) is 0.873. The number of fused-ring (bicyclic) bond motifs is 1. The van der Waals surface area contributed by atoms with Crippen molar-refractivity contribution in [1.29, 1.82) is 0 Å². The highest BCUT2D eigenvalue weighted by molar-refractivity contribution is 5.49. The highest BCUT2D eigenvalue weighted by Gasteiger charge is 2.35. The number of rotatable bonds is 2. The SMILES string of the molecule is CC(O)Cc1cc2c(cc1C(F)(F)F)OCO2. The van der Waals surface area contributed by atoms with Crippen LogP contribution in [0.3, 0.4) is 0 Å². The fourth-order valence-electron chi connectivity index (χ4n) is 1.74. The molecule has 0 saturated heterocycles. The van der Waals surface area contributed by atoms with E-state index in [2.05, 4.69) is 0 Å². The molecule has 1 heterocycles. The molecular weight excluding hydrogens is 237 g/mol. The molecule has 0 aliphatic carbocycles. The Morgan fingerprint density at radius 2 is 1.88 bits per heavy atom. The second-order valence-corrected chi connectivity index (χ2v) is 3.91. The second kappa shape index (κ2) is 4.10. The van der Waals surface area contributed by atoms with Gasteiger partial charge in [-0.25, -0.2) is 0 Å². The summed E-state index contributed by atoms with van der Waals surface area (Å²) in [7, 11) is 0. The number of ether oxygens (including phenoxy) is 2. The van der Waals surface area contributed by atoms with Crippen LogP contribution in [0.15, 0.2) is 12.1 Å². The van der Waals surface area contributed by atoms with Crippen molar-refractivity contribution in [2.45, 2.75) is 25.6 Å². The van der Waals surface area contributed by atoms with E-state index in [-0.39, 0.29) is 30.3 Å². The van der Waals surface area contributed by atoms with Gasteiger partial charge in [-0.05, 0) is 31.0 Å². The van der Waals surface area contributed by atoms with Crippen molar-refractivity contribution in [1.82, 2.24) is 0 Å². The van der Waals surface area contributed by atoms with Crippen molar-refractivity contribution in [3.63, 3.8) is 0 Å². The van der Waals surface area contributed by atoms with E-state index in [1.165, 1.54) is 13.0 Å². The van der Waals surface area contributed by atoms with Gasteiger partial charge in [-0.3, -0.25) is 0 Å². The summed E-state index contributed by atoms with van der Waals surface area (Å²) in [5.74, 6) is 0.375. The Morgan fingerprint density at radius 3 is 2.41 bits per heavy atom. The van der Waals surface area contributed by atoms with E-state index in [1.807, 2.05) is 0 Å². The summed E-state index contributed by atoms with van der Waals surface area (Å²) in [6.45, 7) is 1.36. The van der Waals surface area contributed by atoms with E-state index in [9.17, 15) is 18.3 Å². The van der Waals surface area contributed by atoms with E-state index < -0.39 is 17.8 Å². The first-order valence-electron chi connectivity index (χ1n) is 5.05. The van der Waals surface area contributed by atoms with Crippen molar-refractivity contribution >= 4 is 0 Å². The monoisotopic (exact) mass is 248 g/mol. The zero-order chi connectivity index (χ0) is 12.6. The predicted octanol–water partition coefficient (Wildman–Crippen LogP) is 2.36. The van der Waals surface area contributed by atoms with Crippen LogP contribution in [-0.4, -0.2) is 18.0 Å². The number of aliphatic hydroxyl groups is 1. The Hall–Kier alpha value is -1.43. The molecule has 2 rings (SSSR count). The van der Waals surface area contributed by atoms with E-state index in [0.29, 0.717) is 0 Å². The van der Waals surface area contributed by atoms with Crippen LogP contribution in [0.25, 0.3) is 0 Å². The van der Waals surface area contributed by atoms with Crippen LogP contribution >= 0.6 is 0 Å². The van der Waals surface area contributed by atoms with Gasteiger partial charge in [-0.1, -0.05) is 0 Å². The molecule has 0 fully saturated rings. The molecule has 6 heteroatoms. The van der Waals surface area contributed by atoms with Crippen molar-refractivity contribution in [3.8, 4) is 11.5 Å². The lowest BCUT2D eigenvalue weighted by molar-refractivity contribution is -0.138. The van der Waals surface area contributed by atoms with E-state index in [0.717, 1.165) is 6.07 Å². The molecule has 0 spiro atoms. The molecule has 94 valence electrons. The van der Waals surface area contributed by atoms with Gasteiger partial charge in [0.25, 0.3) is 0 Å². The Balaban J connectivity index is 2.47. The van der Waals surface area contributed by atoms with Gasteiger partial charge < -0.3 is 14.6 Å². The summed E-state index contributed by atoms with van der Waals surface area (Å²) >= 11 is 0. The maximum Gasteiger partial charge on any atom is 0.416 e. The minimum Gasteiger partial charge on any atom is -0.454 e. The highest BCUT2D eigenvalue weighted by atomic mass is 19.4. The van der Waals surface area contributed by atoms with Gasteiger partial charge in [0.15, 0.2) is 11.5 Å². The normalized spacial score (nSPS) is 16.1. The third-order valence-corrected chi connectivity index (χ3v) is 2.42. The molecule has 1 aliphatic heterocycles. The number of halogens is 3. The number of benzene rings is 1. The summed E-state index contributed by atoms with van der Waals surface area (Å²) in [6, 6.07) is 2.19. The number of aliphatic hydroxyl groups excluding tert-OH is 1. The van der Waals surface area contributed by atoms with Crippen LogP contribution in [-0.2, 0) is 12.6 Å². The zero-order valence-corrected chi connectivity index (χ0v) is 9.04. The van der Waals surface area contributed by atoms with Crippen LogP contribution in [0.4, 0.5) is 13.2 Å². The Bertz CT molecular complexity index is 427. The predicted molar refractivity (Wildman–Crippen MR) is 53.0 cm³/mol. The van der Waals surface area contributed by atoms with Crippen molar-refractivity contribution in [2.24, 2.45) is 0 Å². The van der Waals surface area contributed by atoms with Gasteiger partial charge in [-0.15, -0.1) is 0 Å². The topological polar surface area (TPSA) is 38.7 Å². The molecule has 0 bridgehead atoms. The fraction of sp³-hybridized carbons (Fsp3) is 0.455. The summed E-state index contributed by atoms with van der Waals surface area (Å²) < 4.78 is 48.3. The molecule has 1 aromatic carbocycles. The molecular formula is C11H11F3O3. The standard InChI is InChI=1S/C11H11F3O3/c1-6(15)2-7-3-9-10(17-5-16-9)4-8(7)11(12,13)14/h3-4,6,15H,2,5H2,1H3. The van der Waals surface area contributed by atoms with Crippen LogP contribution < -0.4 is 9.47 Å². The molecule has 0 radical (unpaired) electrons. The minimum atomic E-state index is -4.47. The van der Waals surface area contributed by atoms with E-state index in [1.54, 1.807) is 0 Å². The van der Waals surface area contributed by atoms with Gasteiger partial charge in [0, 0.05) is 0 Å². The summed E-state index contributed by atoms with van der Waals surface area (Å²) in [4.78, 5) is 0. The Labute approximate surface area is 95.8 Å². The summed E-state index contributed by atoms with van der Waals surface area (Å²) in [5.41, 5.74) is -0.778. The van der Waals surface area contributed by atoms with E-state index in [4.69, 9.17) is 9.47 Å². The van der Waals surface area contributed by atoms with Crippen molar-refractivity contribution < 1.29 is 27.8 Å². The second-order valence-electron chi connectivity index (χ2n) is 3.91. The van der Waals surface area contributed by atoms with Crippen molar-refractivity contribution in [3.05, 3.63) is 23.3 Å². The molecule has 0 aromatic heterocycles. The number of alkyl halides is 3. The average Bonchev–Trinajstić information content (AvgIpc) is 2.60. The van der Waals surface area contributed by atoms with Gasteiger partial charge in [0.1, 0.15) is 0 Å². The minimum absolute atomic E-state index is 0.0109. The van der Waals surface area contributed by atoms with Gasteiger partial charge >= 0.3 is 6.18 Å². The first-order chi connectivity index (χ1) is 7.88. The number of hydrogen-bond donors (Lipinski definition) is 1. The first kappa shape index (κ1) is 12.0. The largest absolute Gasteiger partial charge is 0.454 e. The van der Waals surface area contributed by atoms with Crippen LogP contribution in [0.1, 0.15) is 18.1 Å². The molecule has 3 nitrogen and oxygen atoms in total. The highest BCUT2D eigenvalue weighted by Crippen LogP contribution is 2.41. The number of hydrogen-bond acceptors (Lipinski definition) is 3. The molecule has 1 unspecified atom stereocenters. The fourth-order valence-corrected chi connectivity index (χ4v) is 1.74. The maximum absolute atomic E-state index is 12.8. The zero-order valence-electron chi connectivity index (χ0n) is 9.04. The lowest BCUT2D eigenvalue weighted by Gasteiger charge is -2.14. The lowest BCUT2D eigenvalue weighted by atomic mass is 10.0. The van der Waals surface area contributed by atoms with Crippen LogP contribution in [0.5, 0.6) is 11.5 Å². The third-order valence-electron chi connectivity index (χ3n) is 2.42. The Morgan fingerprint density at radius 1 is 1.29 bits per heavy atom. The molecule has 1 aliphatic rings. The summed E-state index contributed by atoms with van der Waals surface area (Å²) in [6.07, 6.45) is -5.40.